The fourth-order valence-corrected chi connectivity index (χ4v) is 1.53. The summed E-state index contributed by atoms with van der Waals surface area (Å²) in [5.74, 6) is 6.10. The second kappa shape index (κ2) is 6.09. The molecule has 0 saturated heterocycles. The van der Waals surface area contributed by atoms with Gasteiger partial charge in [-0.05, 0) is 17.7 Å². The van der Waals surface area contributed by atoms with Crippen LogP contribution in [0.2, 0.25) is 0 Å². The van der Waals surface area contributed by atoms with Gasteiger partial charge in [-0.1, -0.05) is 60.4 Å². The van der Waals surface area contributed by atoms with Crippen LogP contribution < -0.4 is 0 Å². The normalized spacial score (nSPS) is 10.1. The standard InChI is InChI=1S/C17H11N/c18-14-13-17(16-9-5-2-6-10-16)12-11-15-7-3-1-4-8-15/h1-10,13H/b17-13+. The summed E-state index contributed by atoms with van der Waals surface area (Å²) in [5, 5.41) is 8.80. The molecule has 0 atom stereocenters. The quantitative estimate of drug-likeness (QED) is 0.541. The first-order chi connectivity index (χ1) is 8.90. The van der Waals surface area contributed by atoms with Crippen molar-refractivity contribution in [3.05, 3.63) is 77.9 Å². The Bertz CT molecular complexity index is 635. The monoisotopic (exact) mass is 229 g/mol. The third-order valence-corrected chi connectivity index (χ3v) is 2.41. The van der Waals surface area contributed by atoms with Crippen molar-refractivity contribution in [3.8, 4) is 17.9 Å². The molecule has 0 amide bonds. The van der Waals surface area contributed by atoms with Gasteiger partial charge in [-0.15, -0.1) is 0 Å². The van der Waals surface area contributed by atoms with Gasteiger partial charge in [0, 0.05) is 17.2 Å². The van der Waals surface area contributed by atoms with Crippen LogP contribution in [0.15, 0.2) is 66.7 Å². The lowest BCUT2D eigenvalue weighted by Crippen LogP contribution is -1.80. The van der Waals surface area contributed by atoms with E-state index in [0.717, 1.165) is 16.7 Å². The number of allylic oxidation sites excluding steroid dienone is 2. The predicted octanol–water partition coefficient (Wildman–Crippen LogP) is 3.65. The Labute approximate surface area is 107 Å². The van der Waals surface area contributed by atoms with Crippen LogP contribution in [0.1, 0.15) is 11.1 Å². The van der Waals surface area contributed by atoms with Gasteiger partial charge < -0.3 is 0 Å². The van der Waals surface area contributed by atoms with Crippen molar-refractivity contribution in [3.63, 3.8) is 0 Å². The topological polar surface area (TPSA) is 23.8 Å². The Balaban J connectivity index is 2.33. The number of nitriles is 1. The molecule has 0 N–H and O–H groups in total. The molecule has 1 heteroatoms. The van der Waals surface area contributed by atoms with Crippen LogP contribution in [0, 0.1) is 23.2 Å². The maximum atomic E-state index is 8.80. The van der Waals surface area contributed by atoms with Crippen molar-refractivity contribution in [2.45, 2.75) is 0 Å². The third-order valence-electron chi connectivity index (χ3n) is 2.41. The van der Waals surface area contributed by atoms with Crippen molar-refractivity contribution < 1.29 is 0 Å². The molecule has 2 aromatic rings. The van der Waals surface area contributed by atoms with Crippen LogP contribution in [0.25, 0.3) is 5.57 Å². The minimum Gasteiger partial charge on any atom is -0.193 e. The van der Waals surface area contributed by atoms with E-state index in [1.165, 1.54) is 6.08 Å². The molecule has 0 radical (unpaired) electrons. The zero-order chi connectivity index (χ0) is 12.6. The molecule has 0 aromatic heterocycles. The van der Waals surface area contributed by atoms with E-state index in [9.17, 15) is 0 Å². The first kappa shape index (κ1) is 11.7. The fourth-order valence-electron chi connectivity index (χ4n) is 1.53. The first-order valence-corrected chi connectivity index (χ1v) is 5.62. The molecule has 2 rings (SSSR count). The Kier molecular flexibility index (Phi) is 3.96. The Hall–Kier alpha value is -2.77. The number of nitrogens with zero attached hydrogens (tertiary/aromatic N) is 1. The predicted molar refractivity (Wildman–Crippen MR) is 73.4 cm³/mol. The van der Waals surface area contributed by atoms with E-state index in [2.05, 4.69) is 11.8 Å². The molecule has 1 nitrogen and oxygen atoms in total. The van der Waals surface area contributed by atoms with Gasteiger partial charge in [-0.3, -0.25) is 0 Å². The molecular weight excluding hydrogens is 218 g/mol. The summed E-state index contributed by atoms with van der Waals surface area (Å²) in [5.41, 5.74) is 2.64. The van der Waals surface area contributed by atoms with E-state index in [1.807, 2.05) is 66.7 Å². The van der Waals surface area contributed by atoms with Crippen LogP contribution in [0.4, 0.5) is 0 Å². The zero-order valence-corrected chi connectivity index (χ0v) is 9.80. The Morgan fingerprint density at radius 2 is 1.50 bits per heavy atom. The van der Waals surface area contributed by atoms with Crippen molar-refractivity contribution >= 4 is 5.57 Å². The maximum absolute atomic E-state index is 8.80. The summed E-state index contributed by atoms with van der Waals surface area (Å²) >= 11 is 0. The summed E-state index contributed by atoms with van der Waals surface area (Å²) in [6, 6.07) is 21.5. The second-order valence-electron chi connectivity index (χ2n) is 3.67. The Morgan fingerprint density at radius 3 is 2.11 bits per heavy atom. The first-order valence-electron chi connectivity index (χ1n) is 5.62. The number of rotatable bonds is 1. The summed E-state index contributed by atoms with van der Waals surface area (Å²) in [6.07, 6.45) is 1.48. The lowest BCUT2D eigenvalue weighted by atomic mass is 10.1. The lowest BCUT2D eigenvalue weighted by Gasteiger charge is -1.97. The van der Waals surface area contributed by atoms with Gasteiger partial charge in [0.25, 0.3) is 0 Å². The average Bonchev–Trinajstić information content (AvgIpc) is 2.45. The van der Waals surface area contributed by atoms with Crippen molar-refractivity contribution in [1.82, 2.24) is 0 Å². The SMILES string of the molecule is N#C/C=C(\C#Cc1ccccc1)c1ccccc1. The molecule has 0 fully saturated rings. The fraction of sp³-hybridized carbons (Fsp3) is 0. The second-order valence-corrected chi connectivity index (χ2v) is 3.67. The van der Waals surface area contributed by atoms with E-state index >= 15 is 0 Å². The van der Waals surface area contributed by atoms with Crippen molar-refractivity contribution in [2.75, 3.05) is 0 Å². The minimum absolute atomic E-state index is 0.738. The van der Waals surface area contributed by atoms with E-state index in [1.54, 1.807) is 0 Å². The number of hydrogen-bond acceptors (Lipinski definition) is 1. The van der Waals surface area contributed by atoms with Gasteiger partial charge in [0.2, 0.25) is 0 Å². The van der Waals surface area contributed by atoms with E-state index in [4.69, 9.17) is 5.26 Å². The van der Waals surface area contributed by atoms with E-state index in [-0.39, 0.29) is 0 Å². The molecule has 2 aromatic carbocycles. The molecule has 0 aliphatic rings. The van der Waals surface area contributed by atoms with Crippen molar-refractivity contribution in [2.24, 2.45) is 0 Å². The molecule has 0 saturated carbocycles. The average molecular weight is 229 g/mol. The highest BCUT2D eigenvalue weighted by Crippen LogP contribution is 2.12. The van der Waals surface area contributed by atoms with E-state index in [0.29, 0.717) is 0 Å². The number of benzene rings is 2. The van der Waals surface area contributed by atoms with Gasteiger partial charge in [0.15, 0.2) is 0 Å². The summed E-state index contributed by atoms with van der Waals surface area (Å²) in [6.45, 7) is 0. The van der Waals surface area contributed by atoms with Gasteiger partial charge in [0.1, 0.15) is 0 Å². The lowest BCUT2D eigenvalue weighted by molar-refractivity contribution is 1.53. The van der Waals surface area contributed by atoms with Crippen LogP contribution in [0.3, 0.4) is 0 Å². The largest absolute Gasteiger partial charge is 0.193 e. The maximum Gasteiger partial charge on any atom is 0.0925 e. The zero-order valence-electron chi connectivity index (χ0n) is 9.80. The third kappa shape index (κ3) is 3.11. The Morgan fingerprint density at radius 1 is 0.889 bits per heavy atom. The molecule has 18 heavy (non-hydrogen) atoms. The van der Waals surface area contributed by atoms with Crippen LogP contribution in [-0.4, -0.2) is 0 Å². The van der Waals surface area contributed by atoms with Crippen LogP contribution in [0.5, 0.6) is 0 Å². The van der Waals surface area contributed by atoms with E-state index < -0.39 is 0 Å². The highest BCUT2D eigenvalue weighted by Gasteiger charge is 1.96. The highest BCUT2D eigenvalue weighted by molar-refractivity contribution is 5.80. The van der Waals surface area contributed by atoms with Gasteiger partial charge in [-0.2, -0.15) is 5.26 Å². The number of hydrogen-bond donors (Lipinski definition) is 0. The molecule has 0 heterocycles. The highest BCUT2D eigenvalue weighted by atomic mass is 14.2. The van der Waals surface area contributed by atoms with Crippen LogP contribution >= 0.6 is 0 Å². The summed E-state index contributed by atoms with van der Waals surface area (Å²) < 4.78 is 0. The van der Waals surface area contributed by atoms with Crippen LogP contribution in [-0.2, 0) is 0 Å². The smallest absolute Gasteiger partial charge is 0.0925 e. The summed E-state index contributed by atoms with van der Waals surface area (Å²) in [4.78, 5) is 0. The molecule has 0 aliphatic heterocycles. The molecule has 0 spiro atoms. The van der Waals surface area contributed by atoms with Crippen molar-refractivity contribution in [1.29, 1.82) is 5.26 Å². The van der Waals surface area contributed by atoms with Gasteiger partial charge in [0.05, 0.1) is 6.07 Å². The molecule has 0 bridgehead atoms. The molecular formula is C17H11N. The summed E-state index contributed by atoms with van der Waals surface area (Å²) in [7, 11) is 0. The van der Waals surface area contributed by atoms with Gasteiger partial charge in [-0.25, -0.2) is 0 Å². The molecule has 84 valence electrons. The molecule has 0 unspecified atom stereocenters. The minimum atomic E-state index is 0.738. The molecule has 0 aliphatic carbocycles. The van der Waals surface area contributed by atoms with Gasteiger partial charge >= 0.3 is 0 Å².